The number of pyridine rings is 1. The number of aromatic nitrogens is 1. The van der Waals surface area contributed by atoms with E-state index in [1.165, 1.54) is 0 Å². The molecule has 0 spiro atoms. The fourth-order valence-electron chi connectivity index (χ4n) is 0.744. The molecular weight excluding hydrogens is 154 g/mol. The molecule has 0 bridgehead atoms. The fourth-order valence-corrected chi connectivity index (χ4v) is 0.744. The minimum Gasteiger partial charge on any atom is -0.392 e. The fraction of sp³-hybridized carbons (Fsp3) is 0.111. The van der Waals surface area contributed by atoms with Gasteiger partial charge in [-0.3, -0.25) is 4.79 Å². The Kier molecular flexibility index (Phi) is 3.00. The predicted octanol–water partition coefficient (Wildman–Crippen LogP) is 0.124. The van der Waals surface area contributed by atoms with Crippen molar-refractivity contribution in [2.24, 2.45) is 0 Å². The van der Waals surface area contributed by atoms with Crippen LogP contribution in [-0.2, 0) is 11.4 Å². The van der Waals surface area contributed by atoms with Crippen LogP contribution in [0.15, 0.2) is 18.3 Å². The molecule has 0 saturated carbocycles. The van der Waals surface area contributed by atoms with Gasteiger partial charge in [-0.15, -0.1) is 0 Å². The highest BCUT2D eigenvalue weighted by Crippen LogP contribution is 1.99. The third-order valence-corrected chi connectivity index (χ3v) is 1.27. The van der Waals surface area contributed by atoms with Gasteiger partial charge in [-0.05, 0) is 29.5 Å². The van der Waals surface area contributed by atoms with Crippen molar-refractivity contribution < 1.29 is 9.90 Å². The SMILES string of the molecule is O=CC#Cc1cc(CO)ccn1. The molecule has 1 N–H and O–H groups in total. The van der Waals surface area contributed by atoms with E-state index in [1.54, 1.807) is 18.3 Å². The van der Waals surface area contributed by atoms with Crippen molar-refractivity contribution in [2.75, 3.05) is 0 Å². The third-order valence-electron chi connectivity index (χ3n) is 1.27. The molecule has 1 aromatic rings. The summed E-state index contributed by atoms with van der Waals surface area (Å²) in [6.45, 7) is -0.0434. The lowest BCUT2D eigenvalue weighted by Gasteiger charge is -1.93. The molecule has 0 atom stereocenters. The first kappa shape index (κ1) is 8.44. The molecule has 0 fully saturated rings. The quantitative estimate of drug-likeness (QED) is 0.470. The number of hydrogen-bond donors (Lipinski definition) is 1. The summed E-state index contributed by atoms with van der Waals surface area (Å²) in [6, 6.07) is 3.32. The van der Waals surface area contributed by atoms with Gasteiger partial charge in [0.2, 0.25) is 0 Å². The van der Waals surface area contributed by atoms with Crippen LogP contribution in [0.3, 0.4) is 0 Å². The summed E-state index contributed by atoms with van der Waals surface area (Å²) in [6.07, 6.45) is 2.05. The molecule has 0 saturated heterocycles. The molecule has 0 aliphatic carbocycles. The highest BCUT2D eigenvalue weighted by atomic mass is 16.3. The molecule has 0 unspecified atom stereocenters. The summed E-state index contributed by atoms with van der Waals surface area (Å²) in [7, 11) is 0. The Morgan fingerprint density at radius 1 is 1.67 bits per heavy atom. The average molecular weight is 161 g/mol. The highest BCUT2D eigenvalue weighted by Gasteiger charge is 1.91. The minimum absolute atomic E-state index is 0.0434. The van der Waals surface area contributed by atoms with Crippen LogP contribution in [0.25, 0.3) is 0 Å². The number of hydrogen-bond acceptors (Lipinski definition) is 3. The molecule has 3 nitrogen and oxygen atoms in total. The van der Waals surface area contributed by atoms with Gasteiger partial charge in [0.05, 0.1) is 6.61 Å². The lowest BCUT2D eigenvalue weighted by atomic mass is 10.2. The molecule has 60 valence electrons. The first-order valence-corrected chi connectivity index (χ1v) is 3.38. The monoisotopic (exact) mass is 161 g/mol. The highest BCUT2D eigenvalue weighted by molar-refractivity contribution is 5.73. The van der Waals surface area contributed by atoms with Crippen LogP contribution < -0.4 is 0 Å². The van der Waals surface area contributed by atoms with Gasteiger partial charge in [0.15, 0.2) is 6.29 Å². The number of nitrogens with zero attached hydrogens (tertiary/aromatic N) is 1. The van der Waals surface area contributed by atoms with Gasteiger partial charge in [-0.1, -0.05) is 0 Å². The van der Waals surface area contributed by atoms with E-state index >= 15 is 0 Å². The van der Waals surface area contributed by atoms with Crippen LogP contribution in [0.2, 0.25) is 0 Å². The molecular formula is C9H7NO2. The number of aldehydes is 1. The first-order chi connectivity index (χ1) is 5.86. The first-order valence-electron chi connectivity index (χ1n) is 3.38. The van der Waals surface area contributed by atoms with E-state index in [0.717, 1.165) is 5.56 Å². The Morgan fingerprint density at radius 3 is 3.17 bits per heavy atom. The van der Waals surface area contributed by atoms with E-state index in [-0.39, 0.29) is 6.61 Å². The minimum atomic E-state index is -0.0434. The Hall–Kier alpha value is -1.66. The summed E-state index contributed by atoms with van der Waals surface area (Å²) in [4.78, 5) is 13.8. The topological polar surface area (TPSA) is 50.2 Å². The lowest BCUT2D eigenvalue weighted by molar-refractivity contribution is -0.103. The Labute approximate surface area is 70.1 Å². The maximum atomic E-state index is 9.88. The predicted molar refractivity (Wildman–Crippen MR) is 43.1 cm³/mol. The van der Waals surface area contributed by atoms with Crippen LogP contribution in [0.1, 0.15) is 11.3 Å². The molecule has 3 heteroatoms. The van der Waals surface area contributed by atoms with Gasteiger partial charge in [0, 0.05) is 6.20 Å². The number of carbonyl (C=O) groups excluding carboxylic acids is 1. The van der Waals surface area contributed by atoms with Crippen molar-refractivity contribution in [1.82, 2.24) is 4.98 Å². The van der Waals surface area contributed by atoms with E-state index in [0.29, 0.717) is 12.0 Å². The van der Waals surface area contributed by atoms with Crippen molar-refractivity contribution in [3.63, 3.8) is 0 Å². The summed E-state index contributed by atoms with van der Waals surface area (Å²) in [5, 5.41) is 8.74. The zero-order valence-corrected chi connectivity index (χ0v) is 6.32. The molecule has 0 aliphatic rings. The average Bonchev–Trinajstić information content (AvgIpc) is 2.15. The van der Waals surface area contributed by atoms with Gasteiger partial charge in [-0.2, -0.15) is 0 Å². The molecule has 12 heavy (non-hydrogen) atoms. The Morgan fingerprint density at radius 2 is 2.50 bits per heavy atom. The lowest BCUT2D eigenvalue weighted by Crippen LogP contribution is -1.87. The van der Waals surface area contributed by atoms with Crippen molar-refractivity contribution >= 4 is 6.29 Å². The maximum absolute atomic E-state index is 9.88. The van der Waals surface area contributed by atoms with E-state index < -0.39 is 0 Å². The van der Waals surface area contributed by atoms with E-state index in [1.807, 2.05) is 0 Å². The second kappa shape index (κ2) is 4.27. The van der Waals surface area contributed by atoms with Gasteiger partial charge < -0.3 is 5.11 Å². The molecule has 0 amide bonds. The van der Waals surface area contributed by atoms with E-state index in [4.69, 9.17) is 5.11 Å². The summed E-state index contributed by atoms with van der Waals surface area (Å²) in [5.74, 6) is 4.77. The van der Waals surface area contributed by atoms with Crippen molar-refractivity contribution in [3.05, 3.63) is 29.6 Å². The van der Waals surface area contributed by atoms with Crippen LogP contribution >= 0.6 is 0 Å². The van der Waals surface area contributed by atoms with Crippen LogP contribution in [0, 0.1) is 11.8 Å². The summed E-state index contributed by atoms with van der Waals surface area (Å²) >= 11 is 0. The zero-order valence-electron chi connectivity index (χ0n) is 6.32. The molecule has 1 aromatic heterocycles. The number of rotatable bonds is 1. The maximum Gasteiger partial charge on any atom is 0.193 e. The zero-order chi connectivity index (χ0) is 8.81. The molecule has 0 aliphatic heterocycles. The number of aliphatic hydroxyl groups is 1. The van der Waals surface area contributed by atoms with Gasteiger partial charge in [0.25, 0.3) is 0 Å². The van der Waals surface area contributed by atoms with Crippen LogP contribution in [0.5, 0.6) is 0 Å². The normalized spacial score (nSPS) is 8.42. The molecule has 0 radical (unpaired) electrons. The Balaban J connectivity index is 2.93. The van der Waals surface area contributed by atoms with E-state index in [9.17, 15) is 4.79 Å². The number of carbonyl (C=O) groups is 1. The molecule has 0 aromatic carbocycles. The molecule has 1 rings (SSSR count). The van der Waals surface area contributed by atoms with Crippen molar-refractivity contribution in [1.29, 1.82) is 0 Å². The second-order valence-corrected chi connectivity index (χ2v) is 2.09. The number of aliphatic hydroxyl groups excluding tert-OH is 1. The van der Waals surface area contributed by atoms with E-state index in [2.05, 4.69) is 16.8 Å². The van der Waals surface area contributed by atoms with Crippen LogP contribution in [-0.4, -0.2) is 16.4 Å². The summed E-state index contributed by atoms with van der Waals surface area (Å²) < 4.78 is 0. The molecule has 1 heterocycles. The smallest absolute Gasteiger partial charge is 0.193 e. The van der Waals surface area contributed by atoms with Gasteiger partial charge in [0.1, 0.15) is 5.69 Å². The van der Waals surface area contributed by atoms with Crippen LogP contribution in [0.4, 0.5) is 0 Å². The standard InChI is InChI=1S/C9H7NO2/c11-5-1-2-9-6-8(7-12)3-4-10-9/h3-6,12H,7H2. The third kappa shape index (κ3) is 2.19. The Bertz CT molecular complexity index is 336. The van der Waals surface area contributed by atoms with Gasteiger partial charge >= 0.3 is 0 Å². The summed E-state index contributed by atoms with van der Waals surface area (Å²) in [5.41, 5.74) is 1.23. The van der Waals surface area contributed by atoms with Crippen molar-refractivity contribution in [3.8, 4) is 11.8 Å². The second-order valence-electron chi connectivity index (χ2n) is 2.09. The largest absolute Gasteiger partial charge is 0.392 e. The van der Waals surface area contributed by atoms with Gasteiger partial charge in [-0.25, -0.2) is 4.98 Å². The van der Waals surface area contributed by atoms with Crippen molar-refractivity contribution in [2.45, 2.75) is 6.61 Å².